The third-order valence-corrected chi connectivity index (χ3v) is 4.00. The van der Waals surface area contributed by atoms with Crippen LogP contribution in [0.4, 0.5) is 0 Å². The predicted molar refractivity (Wildman–Crippen MR) is 64.1 cm³/mol. The fraction of sp³-hybridized carbons (Fsp3) is 0.400. The lowest BCUT2D eigenvalue weighted by molar-refractivity contribution is 0.593. The molecule has 0 fully saturated rings. The van der Waals surface area contributed by atoms with Gasteiger partial charge in [0.1, 0.15) is 11.9 Å². The van der Waals surface area contributed by atoms with Crippen molar-refractivity contribution < 1.29 is 8.50 Å². The van der Waals surface area contributed by atoms with E-state index >= 15 is 0 Å². The van der Waals surface area contributed by atoms with Crippen LogP contribution in [0.3, 0.4) is 0 Å². The molecule has 0 aliphatic rings. The van der Waals surface area contributed by atoms with Gasteiger partial charge in [-0.2, -0.15) is 0 Å². The highest BCUT2D eigenvalue weighted by Gasteiger charge is 2.24. The molecule has 0 N–H and O–H groups in total. The molecule has 15 heavy (non-hydrogen) atoms. The zero-order valence-electron chi connectivity index (χ0n) is 8.71. The Morgan fingerprint density at radius 3 is 2.40 bits per heavy atom. The van der Waals surface area contributed by atoms with Gasteiger partial charge in [0.05, 0.1) is 15.7 Å². The summed E-state index contributed by atoms with van der Waals surface area (Å²) in [4.78, 5) is 0.557. The second-order valence-electron chi connectivity index (χ2n) is 4.05. The van der Waals surface area contributed by atoms with Gasteiger partial charge in [-0.3, -0.25) is 4.21 Å². The summed E-state index contributed by atoms with van der Waals surface area (Å²) in [5.74, 6) is 0.345. The van der Waals surface area contributed by atoms with E-state index in [-0.39, 0.29) is 4.75 Å². The summed E-state index contributed by atoms with van der Waals surface area (Å²) in [5, 5.41) is 0.500. The molecule has 1 atom stereocenters. The highest BCUT2D eigenvalue weighted by Crippen LogP contribution is 2.31. The molecule has 1 aromatic carbocycles. The van der Waals surface area contributed by atoms with Gasteiger partial charge in [-0.05, 0) is 32.9 Å². The van der Waals surface area contributed by atoms with Gasteiger partial charge in [0, 0.05) is 15.8 Å². The van der Waals surface area contributed by atoms with E-state index in [0.717, 1.165) is 0 Å². The van der Waals surface area contributed by atoms with Crippen LogP contribution in [0.15, 0.2) is 23.1 Å². The molecule has 1 aromatic rings. The maximum absolute atomic E-state index is 12.1. The largest absolute Gasteiger partial charge is 0.384 e. The SMILES string of the molecule is CC(C)(C)S(=O)c1ccc(Cl)cc1OCl. The first-order valence-corrected chi connectivity index (χ1v) is 6.20. The third kappa shape index (κ3) is 3.10. The normalized spacial score (nSPS) is 13.7. The van der Waals surface area contributed by atoms with Gasteiger partial charge in [-0.25, -0.2) is 0 Å². The Hall–Kier alpha value is -0.250. The maximum atomic E-state index is 12.1. The molecule has 84 valence electrons. The van der Waals surface area contributed by atoms with E-state index in [2.05, 4.69) is 4.29 Å². The maximum Gasteiger partial charge on any atom is 0.163 e. The number of rotatable bonds is 2. The van der Waals surface area contributed by atoms with Crippen LogP contribution < -0.4 is 4.29 Å². The number of hydrogen-bond acceptors (Lipinski definition) is 2. The van der Waals surface area contributed by atoms with Crippen LogP contribution in [-0.4, -0.2) is 8.96 Å². The number of benzene rings is 1. The van der Waals surface area contributed by atoms with Crippen molar-refractivity contribution in [3.8, 4) is 5.75 Å². The molecule has 2 nitrogen and oxygen atoms in total. The van der Waals surface area contributed by atoms with Crippen molar-refractivity contribution in [2.45, 2.75) is 30.4 Å². The lowest BCUT2D eigenvalue weighted by atomic mass is 10.3. The average Bonchev–Trinajstić information content (AvgIpc) is 2.15. The number of halogens is 2. The van der Waals surface area contributed by atoms with Crippen LogP contribution in [-0.2, 0) is 10.8 Å². The summed E-state index contributed by atoms with van der Waals surface area (Å²) >= 11 is 11.1. The fourth-order valence-electron chi connectivity index (χ4n) is 1.03. The van der Waals surface area contributed by atoms with Crippen molar-refractivity contribution >= 4 is 34.3 Å². The van der Waals surface area contributed by atoms with Crippen molar-refractivity contribution in [3.63, 3.8) is 0 Å². The molecule has 0 spiro atoms. The van der Waals surface area contributed by atoms with E-state index < -0.39 is 10.8 Å². The summed E-state index contributed by atoms with van der Waals surface area (Å²) in [5.41, 5.74) is 0. The smallest absolute Gasteiger partial charge is 0.163 e. The molecular weight excluding hydrogens is 255 g/mol. The Kier molecular flexibility index (Phi) is 4.04. The van der Waals surface area contributed by atoms with Gasteiger partial charge >= 0.3 is 0 Å². The van der Waals surface area contributed by atoms with Crippen molar-refractivity contribution in [2.24, 2.45) is 0 Å². The van der Waals surface area contributed by atoms with Gasteiger partial charge in [-0.15, -0.1) is 0 Å². The molecular formula is C10H12Cl2O2S. The van der Waals surface area contributed by atoms with Gasteiger partial charge in [0.15, 0.2) is 5.75 Å². The van der Waals surface area contributed by atoms with Crippen molar-refractivity contribution in [1.29, 1.82) is 0 Å². The van der Waals surface area contributed by atoms with Crippen LogP contribution >= 0.6 is 23.5 Å². The van der Waals surface area contributed by atoms with Crippen LogP contribution in [0, 0.1) is 0 Å². The minimum atomic E-state index is -1.19. The molecule has 0 amide bonds. The van der Waals surface area contributed by atoms with E-state index in [9.17, 15) is 4.21 Å². The highest BCUT2D eigenvalue weighted by atomic mass is 35.5. The molecule has 0 aliphatic heterocycles. The molecule has 5 heteroatoms. The van der Waals surface area contributed by atoms with Crippen molar-refractivity contribution in [3.05, 3.63) is 23.2 Å². The van der Waals surface area contributed by atoms with Gasteiger partial charge in [0.2, 0.25) is 0 Å². The van der Waals surface area contributed by atoms with Crippen molar-refractivity contribution in [2.75, 3.05) is 0 Å². The lowest BCUT2D eigenvalue weighted by Crippen LogP contribution is -2.21. The molecule has 1 unspecified atom stereocenters. The summed E-state index contributed by atoms with van der Waals surface area (Å²) < 4.78 is 16.4. The molecule has 0 aliphatic carbocycles. The molecule has 0 aromatic heterocycles. The Morgan fingerprint density at radius 1 is 1.33 bits per heavy atom. The molecule has 1 rings (SSSR count). The molecule has 0 heterocycles. The molecule has 0 bridgehead atoms. The Bertz CT molecular complexity index is 385. The Balaban J connectivity index is 3.20. The Labute approximate surface area is 102 Å². The molecule has 0 radical (unpaired) electrons. The van der Waals surface area contributed by atoms with Gasteiger partial charge < -0.3 is 4.29 Å². The topological polar surface area (TPSA) is 26.3 Å². The molecule has 0 saturated carbocycles. The summed E-state index contributed by atoms with van der Waals surface area (Å²) in [6.07, 6.45) is 0. The summed E-state index contributed by atoms with van der Waals surface area (Å²) in [6.45, 7) is 5.65. The lowest BCUT2D eigenvalue weighted by Gasteiger charge is -2.18. The first kappa shape index (κ1) is 12.8. The van der Waals surface area contributed by atoms with Crippen LogP contribution in [0.25, 0.3) is 0 Å². The Morgan fingerprint density at radius 2 is 1.93 bits per heavy atom. The van der Waals surface area contributed by atoms with E-state index in [1.807, 2.05) is 20.8 Å². The molecule has 0 saturated heterocycles. The third-order valence-electron chi connectivity index (χ3n) is 1.74. The monoisotopic (exact) mass is 266 g/mol. The van der Waals surface area contributed by atoms with Crippen molar-refractivity contribution in [1.82, 2.24) is 0 Å². The first-order valence-electron chi connectivity index (χ1n) is 4.36. The quantitative estimate of drug-likeness (QED) is 0.815. The van der Waals surface area contributed by atoms with E-state index in [1.165, 1.54) is 0 Å². The van der Waals surface area contributed by atoms with Gasteiger partial charge in [0.25, 0.3) is 0 Å². The standard InChI is InChI=1S/C10H12Cl2O2S/c1-10(2,3)15(13)9-5-4-7(11)6-8(9)14-12/h4-6H,1-3H3. The summed E-state index contributed by atoms with van der Waals surface area (Å²) in [7, 11) is -1.19. The fourth-order valence-corrected chi connectivity index (χ4v) is 2.50. The average molecular weight is 267 g/mol. The van der Waals surface area contributed by atoms with E-state index in [0.29, 0.717) is 15.7 Å². The first-order chi connectivity index (χ1) is 6.86. The second-order valence-corrected chi connectivity index (χ2v) is 6.84. The minimum absolute atomic E-state index is 0.345. The zero-order chi connectivity index (χ0) is 11.6. The van der Waals surface area contributed by atoms with E-state index in [1.54, 1.807) is 18.2 Å². The zero-order valence-corrected chi connectivity index (χ0v) is 11.0. The predicted octanol–water partition coefficient (Wildman–Crippen LogP) is 3.78. The highest BCUT2D eigenvalue weighted by molar-refractivity contribution is 7.86. The van der Waals surface area contributed by atoms with Crippen LogP contribution in [0.1, 0.15) is 20.8 Å². The van der Waals surface area contributed by atoms with E-state index in [4.69, 9.17) is 23.5 Å². The minimum Gasteiger partial charge on any atom is -0.384 e. The van der Waals surface area contributed by atoms with Crippen LogP contribution in [0.2, 0.25) is 5.02 Å². The number of hydrogen-bond donors (Lipinski definition) is 0. The summed E-state index contributed by atoms with van der Waals surface area (Å²) in [6, 6.07) is 4.88. The second kappa shape index (κ2) is 4.73. The van der Waals surface area contributed by atoms with Gasteiger partial charge in [-0.1, -0.05) is 11.6 Å². The van der Waals surface area contributed by atoms with Crippen LogP contribution in [0.5, 0.6) is 5.75 Å².